The van der Waals surface area contributed by atoms with E-state index in [1.165, 1.54) is 0 Å². The van der Waals surface area contributed by atoms with Crippen molar-refractivity contribution in [1.82, 2.24) is 5.32 Å². The molecule has 0 aromatic heterocycles. The van der Waals surface area contributed by atoms with Crippen molar-refractivity contribution in [3.8, 4) is 5.75 Å². The molecule has 0 bridgehead atoms. The largest absolute Gasteiger partial charge is 0.484 e. The summed E-state index contributed by atoms with van der Waals surface area (Å²) in [5.41, 5.74) is 2.11. The first-order chi connectivity index (χ1) is 9.45. The Hall–Kier alpha value is -2.04. The van der Waals surface area contributed by atoms with Gasteiger partial charge in [0.25, 0.3) is 5.91 Å². The van der Waals surface area contributed by atoms with Crippen LogP contribution >= 0.6 is 0 Å². The van der Waals surface area contributed by atoms with Crippen molar-refractivity contribution in [2.75, 3.05) is 6.61 Å². The number of carboxylic acid groups (broad SMARTS) is 1. The average molecular weight is 277 g/mol. The second-order valence-corrected chi connectivity index (χ2v) is 5.33. The van der Waals surface area contributed by atoms with Crippen molar-refractivity contribution in [2.45, 2.75) is 32.7 Å². The van der Waals surface area contributed by atoms with Crippen LogP contribution in [-0.4, -0.2) is 29.6 Å². The predicted molar refractivity (Wildman–Crippen MR) is 73.7 cm³/mol. The molecular weight excluding hydrogens is 258 g/mol. The van der Waals surface area contributed by atoms with Crippen molar-refractivity contribution >= 4 is 11.9 Å². The molecule has 5 heteroatoms. The number of aliphatic carboxylic acids is 1. The van der Waals surface area contributed by atoms with Gasteiger partial charge in [0.15, 0.2) is 6.61 Å². The summed E-state index contributed by atoms with van der Waals surface area (Å²) < 4.78 is 5.41. The molecule has 0 saturated heterocycles. The molecule has 1 unspecified atom stereocenters. The van der Waals surface area contributed by atoms with Gasteiger partial charge < -0.3 is 15.2 Å². The fourth-order valence-electron chi connectivity index (χ4n) is 2.19. The fourth-order valence-corrected chi connectivity index (χ4v) is 2.19. The van der Waals surface area contributed by atoms with Crippen LogP contribution in [0.3, 0.4) is 0 Å². The summed E-state index contributed by atoms with van der Waals surface area (Å²) in [6.07, 6.45) is 1.71. The Kier molecular flexibility index (Phi) is 4.27. The van der Waals surface area contributed by atoms with E-state index in [-0.39, 0.29) is 12.5 Å². The van der Waals surface area contributed by atoms with Gasteiger partial charge in [-0.1, -0.05) is 6.07 Å². The quantitative estimate of drug-likeness (QED) is 0.829. The number of nitrogens with one attached hydrogen (secondary N) is 1. The minimum Gasteiger partial charge on any atom is -0.484 e. The third-order valence-electron chi connectivity index (χ3n) is 3.24. The number of ether oxygens (including phenoxy) is 1. The standard InChI is InChI=1S/C15H19NO4/c1-9-5-10(2)7-12(6-9)20-8-13(17)16-14(15(18)19)11-3-4-11/h5-7,11,14H,3-4,8H2,1-2H3,(H,16,17)(H,18,19). The molecule has 0 aliphatic heterocycles. The van der Waals surface area contributed by atoms with Crippen LogP contribution in [-0.2, 0) is 9.59 Å². The molecule has 0 heterocycles. The molecule has 5 nitrogen and oxygen atoms in total. The number of carbonyl (C=O) groups excluding carboxylic acids is 1. The van der Waals surface area contributed by atoms with Gasteiger partial charge in [-0.05, 0) is 55.9 Å². The predicted octanol–water partition coefficient (Wildman–Crippen LogP) is 1.66. The van der Waals surface area contributed by atoms with Crippen LogP contribution in [0.15, 0.2) is 18.2 Å². The molecule has 1 aromatic carbocycles. The molecule has 1 saturated carbocycles. The first-order valence-electron chi connectivity index (χ1n) is 6.69. The molecule has 1 aliphatic rings. The van der Waals surface area contributed by atoms with Gasteiger partial charge in [-0.2, -0.15) is 0 Å². The molecule has 108 valence electrons. The Bertz CT molecular complexity index is 502. The molecule has 1 fully saturated rings. The van der Waals surface area contributed by atoms with Gasteiger partial charge in [-0.15, -0.1) is 0 Å². The summed E-state index contributed by atoms with van der Waals surface area (Å²) in [7, 11) is 0. The van der Waals surface area contributed by atoms with E-state index in [2.05, 4.69) is 5.32 Å². The van der Waals surface area contributed by atoms with Crippen molar-refractivity contribution < 1.29 is 19.4 Å². The molecule has 2 rings (SSSR count). The number of carbonyl (C=O) groups is 2. The number of carboxylic acids is 1. The Morgan fingerprint density at radius 3 is 2.40 bits per heavy atom. The number of amides is 1. The number of aryl methyl sites for hydroxylation is 2. The molecular formula is C15H19NO4. The zero-order chi connectivity index (χ0) is 14.7. The lowest BCUT2D eigenvalue weighted by atomic mass is 10.1. The van der Waals surface area contributed by atoms with E-state index in [1.54, 1.807) is 0 Å². The van der Waals surface area contributed by atoms with Gasteiger partial charge in [-0.3, -0.25) is 4.79 Å². The Labute approximate surface area is 117 Å². The monoisotopic (exact) mass is 277 g/mol. The first kappa shape index (κ1) is 14.4. The molecule has 1 aliphatic carbocycles. The normalized spacial score (nSPS) is 15.5. The van der Waals surface area contributed by atoms with Crippen molar-refractivity contribution in [3.05, 3.63) is 29.3 Å². The van der Waals surface area contributed by atoms with E-state index >= 15 is 0 Å². The Morgan fingerprint density at radius 2 is 1.90 bits per heavy atom. The third-order valence-corrected chi connectivity index (χ3v) is 3.24. The third kappa shape index (κ3) is 3.98. The van der Waals surface area contributed by atoms with E-state index in [9.17, 15) is 9.59 Å². The van der Waals surface area contributed by atoms with E-state index in [4.69, 9.17) is 9.84 Å². The maximum atomic E-state index is 11.7. The SMILES string of the molecule is Cc1cc(C)cc(OCC(=O)NC(C(=O)O)C2CC2)c1. The van der Waals surface area contributed by atoms with Crippen LogP contribution < -0.4 is 10.1 Å². The maximum absolute atomic E-state index is 11.7. The molecule has 1 atom stereocenters. The van der Waals surface area contributed by atoms with E-state index in [0.29, 0.717) is 5.75 Å². The van der Waals surface area contributed by atoms with Gasteiger partial charge in [-0.25, -0.2) is 4.79 Å². The Balaban J connectivity index is 1.86. The number of rotatable bonds is 6. The van der Waals surface area contributed by atoms with Crippen LogP contribution in [0.5, 0.6) is 5.75 Å². The fraction of sp³-hybridized carbons (Fsp3) is 0.467. The van der Waals surface area contributed by atoms with Crippen LogP contribution in [0.4, 0.5) is 0 Å². The van der Waals surface area contributed by atoms with Gasteiger partial charge in [0.2, 0.25) is 0 Å². The zero-order valence-corrected chi connectivity index (χ0v) is 11.7. The number of benzene rings is 1. The van der Waals surface area contributed by atoms with Crippen molar-refractivity contribution in [3.63, 3.8) is 0 Å². The highest BCUT2D eigenvalue weighted by molar-refractivity contribution is 5.84. The summed E-state index contributed by atoms with van der Waals surface area (Å²) in [6, 6.07) is 4.91. The maximum Gasteiger partial charge on any atom is 0.326 e. The lowest BCUT2D eigenvalue weighted by Gasteiger charge is -2.14. The zero-order valence-electron chi connectivity index (χ0n) is 11.7. The van der Waals surface area contributed by atoms with Gasteiger partial charge >= 0.3 is 5.97 Å². The van der Waals surface area contributed by atoms with Gasteiger partial charge in [0.05, 0.1) is 0 Å². The second kappa shape index (κ2) is 5.94. The second-order valence-electron chi connectivity index (χ2n) is 5.33. The van der Waals surface area contributed by atoms with Crippen LogP contribution in [0.1, 0.15) is 24.0 Å². The van der Waals surface area contributed by atoms with Crippen molar-refractivity contribution in [2.24, 2.45) is 5.92 Å². The summed E-state index contributed by atoms with van der Waals surface area (Å²) in [5.74, 6) is -0.690. The lowest BCUT2D eigenvalue weighted by Crippen LogP contribution is -2.44. The highest BCUT2D eigenvalue weighted by Crippen LogP contribution is 2.32. The van der Waals surface area contributed by atoms with Gasteiger partial charge in [0.1, 0.15) is 11.8 Å². The molecule has 20 heavy (non-hydrogen) atoms. The molecule has 1 amide bonds. The minimum absolute atomic E-state index is 0.0673. The highest BCUT2D eigenvalue weighted by atomic mass is 16.5. The first-order valence-corrected chi connectivity index (χ1v) is 6.69. The molecule has 0 radical (unpaired) electrons. The van der Waals surface area contributed by atoms with E-state index in [0.717, 1.165) is 24.0 Å². The minimum atomic E-state index is -0.979. The Morgan fingerprint density at radius 1 is 1.30 bits per heavy atom. The molecule has 0 spiro atoms. The number of hydrogen-bond donors (Lipinski definition) is 2. The van der Waals surface area contributed by atoms with Crippen LogP contribution in [0.2, 0.25) is 0 Å². The smallest absolute Gasteiger partial charge is 0.326 e. The van der Waals surface area contributed by atoms with Crippen LogP contribution in [0, 0.1) is 19.8 Å². The van der Waals surface area contributed by atoms with E-state index < -0.39 is 17.9 Å². The topological polar surface area (TPSA) is 75.6 Å². The summed E-state index contributed by atoms with van der Waals surface area (Å²) in [6.45, 7) is 3.74. The molecule has 1 aromatic rings. The van der Waals surface area contributed by atoms with Crippen LogP contribution in [0.25, 0.3) is 0 Å². The van der Waals surface area contributed by atoms with E-state index in [1.807, 2.05) is 32.0 Å². The van der Waals surface area contributed by atoms with Crippen molar-refractivity contribution in [1.29, 1.82) is 0 Å². The highest BCUT2D eigenvalue weighted by Gasteiger charge is 2.37. The summed E-state index contributed by atoms with van der Waals surface area (Å²) in [5, 5.41) is 11.5. The molecule has 2 N–H and O–H groups in total. The van der Waals surface area contributed by atoms with Gasteiger partial charge in [0, 0.05) is 0 Å². The summed E-state index contributed by atoms with van der Waals surface area (Å²) in [4.78, 5) is 22.8. The summed E-state index contributed by atoms with van der Waals surface area (Å²) >= 11 is 0. The average Bonchev–Trinajstić information content (AvgIpc) is 3.16. The lowest BCUT2D eigenvalue weighted by molar-refractivity contribution is -0.142. The number of hydrogen-bond acceptors (Lipinski definition) is 3.